The first-order valence-electron chi connectivity index (χ1n) is 4.72. The van der Waals surface area contributed by atoms with Crippen LogP contribution in [-0.4, -0.2) is 42.1 Å². The van der Waals surface area contributed by atoms with Crippen LogP contribution in [0.25, 0.3) is 0 Å². The molecule has 1 aromatic rings. The van der Waals surface area contributed by atoms with E-state index in [1.54, 1.807) is 18.4 Å². The predicted molar refractivity (Wildman–Crippen MR) is 60.1 cm³/mol. The van der Waals surface area contributed by atoms with Gasteiger partial charge in [-0.25, -0.2) is 0 Å². The zero-order chi connectivity index (χ0) is 12.1. The molecule has 0 atom stereocenters. The zero-order valence-electron chi connectivity index (χ0n) is 9.10. The largest absolute Gasteiger partial charge is 0.496 e. The molecule has 88 valence electrons. The second-order valence-corrected chi connectivity index (χ2v) is 3.98. The number of amides is 1. The van der Waals surface area contributed by atoms with Crippen LogP contribution in [-0.2, 0) is 4.79 Å². The van der Waals surface area contributed by atoms with Gasteiger partial charge in [0.1, 0.15) is 12.3 Å². The fraction of sp³-hybridized carbons (Fsp3) is 0.400. The third-order valence-corrected chi connectivity index (χ3v) is 2.91. The normalized spacial score (nSPS) is 9.88. The third kappa shape index (κ3) is 2.96. The molecule has 0 aromatic carbocycles. The Morgan fingerprint density at radius 1 is 1.56 bits per heavy atom. The van der Waals surface area contributed by atoms with E-state index >= 15 is 0 Å². The molecule has 0 aliphatic carbocycles. The number of hydrogen-bond acceptors (Lipinski definition) is 4. The van der Waals surface area contributed by atoms with Crippen LogP contribution in [0.1, 0.15) is 16.6 Å². The first-order chi connectivity index (χ1) is 7.58. The molecule has 0 aliphatic heterocycles. The van der Waals surface area contributed by atoms with E-state index in [9.17, 15) is 9.59 Å². The molecule has 1 N–H and O–H groups in total. The Labute approximate surface area is 97.3 Å². The number of carboxylic acid groups (broad SMARTS) is 1. The number of carbonyl (C=O) groups excluding carboxylic acids is 1. The van der Waals surface area contributed by atoms with Crippen LogP contribution in [0.5, 0.6) is 5.75 Å². The highest BCUT2D eigenvalue weighted by molar-refractivity contribution is 7.12. The SMILES string of the molecule is CCN(CC(=O)O)C(=O)c1cc(OC)cs1. The summed E-state index contributed by atoms with van der Waals surface area (Å²) in [5, 5.41) is 10.4. The van der Waals surface area contributed by atoms with Crippen LogP contribution in [0.4, 0.5) is 0 Å². The predicted octanol–water partition coefficient (Wildman–Crippen LogP) is 1.30. The summed E-state index contributed by atoms with van der Waals surface area (Å²) in [6.45, 7) is 1.83. The van der Waals surface area contributed by atoms with Crippen molar-refractivity contribution in [2.75, 3.05) is 20.2 Å². The molecule has 0 fully saturated rings. The van der Waals surface area contributed by atoms with Crippen molar-refractivity contribution in [3.8, 4) is 5.75 Å². The molecule has 1 aromatic heterocycles. The van der Waals surface area contributed by atoms with Gasteiger partial charge in [-0.2, -0.15) is 0 Å². The van der Waals surface area contributed by atoms with Gasteiger partial charge in [-0.1, -0.05) is 0 Å². The number of aliphatic carboxylic acids is 1. The molecular formula is C10H13NO4S. The fourth-order valence-corrected chi connectivity index (χ4v) is 2.01. The molecule has 0 saturated carbocycles. The average Bonchev–Trinajstić information content (AvgIpc) is 2.73. The molecule has 1 amide bonds. The van der Waals surface area contributed by atoms with E-state index in [1.807, 2.05) is 0 Å². The molecule has 1 rings (SSSR count). The highest BCUT2D eigenvalue weighted by Crippen LogP contribution is 2.22. The summed E-state index contributed by atoms with van der Waals surface area (Å²) in [5.41, 5.74) is 0. The molecule has 0 aliphatic rings. The number of rotatable bonds is 5. The van der Waals surface area contributed by atoms with Gasteiger partial charge in [-0.05, 0) is 6.92 Å². The molecule has 0 radical (unpaired) electrons. The fourth-order valence-electron chi connectivity index (χ4n) is 1.18. The maximum atomic E-state index is 11.9. The topological polar surface area (TPSA) is 66.8 Å². The Hall–Kier alpha value is -1.56. The van der Waals surface area contributed by atoms with Crippen molar-refractivity contribution in [2.45, 2.75) is 6.92 Å². The molecular weight excluding hydrogens is 230 g/mol. The van der Waals surface area contributed by atoms with Gasteiger partial charge in [0.05, 0.1) is 12.0 Å². The lowest BCUT2D eigenvalue weighted by atomic mass is 10.3. The molecule has 0 bridgehead atoms. The summed E-state index contributed by atoms with van der Waals surface area (Å²) in [7, 11) is 1.52. The molecule has 0 unspecified atom stereocenters. The second-order valence-electron chi connectivity index (χ2n) is 3.06. The number of nitrogens with zero attached hydrogens (tertiary/aromatic N) is 1. The van der Waals surface area contributed by atoms with Crippen molar-refractivity contribution < 1.29 is 19.4 Å². The van der Waals surface area contributed by atoms with Crippen LogP contribution in [0, 0.1) is 0 Å². The van der Waals surface area contributed by atoms with Gasteiger partial charge in [-0.3, -0.25) is 9.59 Å². The minimum absolute atomic E-state index is 0.279. The molecule has 0 saturated heterocycles. The van der Waals surface area contributed by atoms with Gasteiger partial charge in [0.15, 0.2) is 0 Å². The molecule has 0 spiro atoms. The van der Waals surface area contributed by atoms with Gasteiger partial charge in [0, 0.05) is 18.0 Å². The van der Waals surface area contributed by atoms with Crippen molar-refractivity contribution in [1.82, 2.24) is 4.90 Å². The van der Waals surface area contributed by atoms with E-state index in [0.29, 0.717) is 17.2 Å². The minimum atomic E-state index is -1.02. The maximum Gasteiger partial charge on any atom is 0.323 e. The van der Waals surface area contributed by atoms with Crippen molar-refractivity contribution in [3.63, 3.8) is 0 Å². The Morgan fingerprint density at radius 3 is 2.69 bits per heavy atom. The van der Waals surface area contributed by atoms with Crippen LogP contribution in [0.2, 0.25) is 0 Å². The second kappa shape index (κ2) is 5.50. The van der Waals surface area contributed by atoms with Crippen molar-refractivity contribution >= 4 is 23.2 Å². The van der Waals surface area contributed by atoms with Gasteiger partial charge >= 0.3 is 5.97 Å². The summed E-state index contributed by atoms with van der Waals surface area (Å²) in [4.78, 5) is 24.2. The van der Waals surface area contributed by atoms with Crippen molar-refractivity contribution in [3.05, 3.63) is 16.3 Å². The summed E-state index contributed by atoms with van der Waals surface area (Å²) in [6.07, 6.45) is 0. The van der Waals surface area contributed by atoms with Gasteiger partial charge in [-0.15, -0.1) is 11.3 Å². The van der Waals surface area contributed by atoms with E-state index in [-0.39, 0.29) is 12.5 Å². The van der Waals surface area contributed by atoms with Gasteiger partial charge < -0.3 is 14.7 Å². The van der Waals surface area contributed by atoms with Crippen LogP contribution in [0.15, 0.2) is 11.4 Å². The molecule has 5 nitrogen and oxygen atoms in total. The van der Waals surface area contributed by atoms with Crippen LogP contribution in [0.3, 0.4) is 0 Å². The lowest BCUT2D eigenvalue weighted by Gasteiger charge is -2.17. The smallest absolute Gasteiger partial charge is 0.323 e. The number of likely N-dealkylation sites (N-methyl/N-ethyl adjacent to an activating group) is 1. The number of thiophene rings is 1. The zero-order valence-corrected chi connectivity index (χ0v) is 9.91. The van der Waals surface area contributed by atoms with E-state index in [4.69, 9.17) is 9.84 Å². The Morgan fingerprint density at radius 2 is 2.25 bits per heavy atom. The lowest BCUT2D eigenvalue weighted by Crippen LogP contribution is -2.34. The number of carboxylic acids is 1. The summed E-state index contributed by atoms with van der Waals surface area (Å²) >= 11 is 1.24. The first-order valence-corrected chi connectivity index (χ1v) is 5.60. The number of hydrogen-bond donors (Lipinski definition) is 1. The monoisotopic (exact) mass is 243 g/mol. The number of ether oxygens (including phenoxy) is 1. The average molecular weight is 243 g/mol. The van der Waals surface area contributed by atoms with E-state index in [0.717, 1.165) is 0 Å². The van der Waals surface area contributed by atoms with E-state index in [1.165, 1.54) is 23.3 Å². The Kier molecular flexibility index (Phi) is 4.30. The highest BCUT2D eigenvalue weighted by Gasteiger charge is 2.18. The highest BCUT2D eigenvalue weighted by atomic mass is 32.1. The Bertz CT molecular complexity index is 388. The third-order valence-electron chi connectivity index (χ3n) is 2.02. The lowest BCUT2D eigenvalue weighted by molar-refractivity contribution is -0.137. The summed E-state index contributed by atoms with van der Waals surface area (Å²) < 4.78 is 4.96. The van der Waals surface area contributed by atoms with Crippen LogP contribution >= 0.6 is 11.3 Å². The number of carbonyl (C=O) groups is 2. The minimum Gasteiger partial charge on any atom is -0.496 e. The van der Waals surface area contributed by atoms with Crippen molar-refractivity contribution in [1.29, 1.82) is 0 Å². The Balaban J connectivity index is 2.78. The summed E-state index contributed by atoms with van der Waals surface area (Å²) in [5.74, 6) is -0.684. The first kappa shape index (κ1) is 12.5. The standard InChI is InChI=1S/C10H13NO4S/c1-3-11(5-9(12)13)10(14)8-4-7(15-2)6-16-8/h4,6H,3,5H2,1-2H3,(H,12,13). The van der Waals surface area contributed by atoms with Gasteiger partial charge in [0.25, 0.3) is 5.91 Å². The molecule has 6 heteroatoms. The molecule has 1 heterocycles. The summed E-state index contributed by atoms with van der Waals surface area (Å²) in [6, 6.07) is 1.61. The quantitative estimate of drug-likeness (QED) is 0.846. The van der Waals surface area contributed by atoms with E-state index in [2.05, 4.69) is 0 Å². The maximum absolute atomic E-state index is 11.9. The van der Waals surface area contributed by atoms with Crippen molar-refractivity contribution in [2.24, 2.45) is 0 Å². The van der Waals surface area contributed by atoms with E-state index < -0.39 is 5.97 Å². The van der Waals surface area contributed by atoms with Crippen LogP contribution < -0.4 is 4.74 Å². The van der Waals surface area contributed by atoms with Gasteiger partial charge in [0.2, 0.25) is 0 Å². The molecule has 16 heavy (non-hydrogen) atoms. The number of methoxy groups -OCH3 is 1.